The van der Waals surface area contributed by atoms with Gasteiger partial charge in [-0.15, -0.1) is 0 Å². The number of aliphatic carboxylic acids is 1. The first-order valence-electron chi connectivity index (χ1n) is 11.1. The Morgan fingerprint density at radius 3 is 2.36 bits per heavy atom. The van der Waals surface area contributed by atoms with Crippen molar-refractivity contribution < 1.29 is 24.2 Å². The number of nitrogens with one attached hydrogen (secondary N) is 1. The fourth-order valence-corrected chi connectivity index (χ4v) is 5.25. The lowest BCUT2D eigenvalue weighted by atomic mass is 9.98. The fraction of sp³-hybridized carbons (Fsp3) is 0.346. The fourth-order valence-electron chi connectivity index (χ4n) is 5.25. The predicted molar refractivity (Wildman–Crippen MR) is 120 cm³/mol. The van der Waals surface area contributed by atoms with Gasteiger partial charge in [-0.25, -0.2) is 4.79 Å². The second-order valence-corrected chi connectivity index (χ2v) is 8.71. The van der Waals surface area contributed by atoms with Crippen molar-refractivity contribution in [3.8, 4) is 23.0 Å². The van der Waals surface area contributed by atoms with Crippen LogP contribution in [0.2, 0.25) is 0 Å². The average molecular weight is 444 g/mol. The van der Waals surface area contributed by atoms with Crippen LogP contribution in [0.25, 0.3) is 11.1 Å². The minimum atomic E-state index is -0.780. The van der Waals surface area contributed by atoms with Gasteiger partial charge >= 0.3 is 12.1 Å². The van der Waals surface area contributed by atoms with Crippen LogP contribution in [0.3, 0.4) is 0 Å². The van der Waals surface area contributed by atoms with Gasteiger partial charge in [0.25, 0.3) is 5.91 Å². The van der Waals surface area contributed by atoms with Gasteiger partial charge in [-0.2, -0.15) is 0 Å². The van der Waals surface area contributed by atoms with Crippen LogP contribution < -0.4 is 5.32 Å². The summed E-state index contributed by atoms with van der Waals surface area (Å²) in [5.41, 5.74) is 4.61. The van der Waals surface area contributed by atoms with Gasteiger partial charge in [-0.05, 0) is 46.4 Å². The number of carboxylic acid groups (broad SMARTS) is 1. The van der Waals surface area contributed by atoms with E-state index in [0.29, 0.717) is 19.5 Å². The Labute approximate surface area is 191 Å². The molecule has 1 aliphatic heterocycles. The van der Waals surface area contributed by atoms with Gasteiger partial charge in [0.2, 0.25) is 0 Å². The third-order valence-corrected chi connectivity index (χ3v) is 6.93. The molecule has 0 spiro atoms. The van der Waals surface area contributed by atoms with E-state index in [1.165, 1.54) is 0 Å². The molecule has 0 aromatic heterocycles. The average Bonchev–Trinajstić information content (AvgIpc) is 3.48. The zero-order valence-corrected chi connectivity index (χ0v) is 18.0. The number of ether oxygens (including phenoxy) is 1. The molecule has 7 nitrogen and oxygen atoms in total. The monoisotopic (exact) mass is 444 g/mol. The molecule has 3 aliphatic rings. The largest absolute Gasteiger partial charge is 0.481 e. The predicted octanol–water partition coefficient (Wildman–Crippen LogP) is 2.71. The quantitative estimate of drug-likeness (QED) is 0.707. The highest BCUT2D eigenvalue weighted by atomic mass is 16.5. The first kappa shape index (κ1) is 21.1. The van der Waals surface area contributed by atoms with Crippen molar-refractivity contribution in [1.29, 1.82) is 0 Å². The number of carbonyl (C=O) groups is 3. The smallest absolute Gasteiger partial charge is 0.407 e. The minimum Gasteiger partial charge on any atom is -0.481 e. The summed E-state index contributed by atoms with van der Waals surface area (Å²) in [7, 11) is 0. The number of carbonyl (C=O) groups excluding carboxylic acids is 2. The Hall–Kier alpha value is -3.79. The van der Waals surface area contributed by atoms with Crippen LogP contribution in [0.4, 0.5) is 4.79 Å². The van der Waals surface area contributed by atoms with Gasteiger partial charge in [0.15, 0.2) is 0 Å². The van der Waals surface area contributed by atoms with Crippen LogP contribution in [-0.4, -0.2) is 54.2 Å². The Bertz CT molecular complexity index is 1130. The van der Waals surface area contributed by atoms with E-state index in [0.717, 1.165) is 22.3 Å². The number of likely N-dealkylation sites (tertiary alicyclic amines) is 1. The van der Waals surface area contributed by atoms with Crippen molar-refractivity contribution in [2.45, 2.75) is 12.3 Å². The van der Waals surface area contributed by atoms with Crippen molar-refractivity contribution in [1.82, 2.24) is 10.2 Å². The topological polar surface area (TPSA) is 95.9 Å². The van der Waals surface area contributed by atoms with Crippen molar-refractivity contribution in [2.75, 3.05) is 26.2 Å². The summed E-state index contributed by atoms with van der Waals surface area (Å²) in [4.78, 5) is 37.2. The Balaban J connectivity index is 1.10. The molecule has 2 N–H and O–H groups in total. The lowest BCUT2D eigenvalue weighted by Gasteiger charge is -2.23. The molecule has 1 heterocycles. The van der Waals surface area contributed by atoms with Crippen LogP contribution in [0.1, 0.15) is 23.5 Å². The summed E-state index contributed by atoms with van der Waals surface area (Å²) in [6, 6.07) is 16.2. The highest BCUT2D eigenvalue weighted by molar-refractivity contribution is 5.94. The third kappa shape index (κ3) is 4.05. The van der Waals surface area contributed by atoms with Crippen LogP contribution >= 0.6 is 0 Å². The van der Waals surface area contributed by atoms with Gasteiger partial charge < -0.3 is 20.1 Å². The molecule has 5 rings (SSSR count). The second kappa shape index (κ2) is 8.62. The molecule has 33 heavy (non-hydrogen) atoms. The zero-order chi connectivity index (χ0) is 22.9. The van der Waals surface area contributed by atoms with Gasteiger partial charge in [-0.1, -0.05) is 54.5 Å². The van der Waals surface area contributed by atoms with Crippen LogP contribution in [0, 0.1) is 29.6 Å². The normalized spacial score (nSPS) is 22.2. The molecule has 7 heteroatoms. The highest BCUT2D eigenvalue weighted by Crippen LogP contribution is 2.51. The van der Waals surface area contributed by atoms with Crippen LogP contribution in [0.15, 0.2) is 48.5 Å². The Kier molecular flexibility index (Phi) is 5.51. The number of piperidine rings is 1. The summed E-state index contributed by atoms with van der Waals surface area (Å²) in [6.07, 6.45) is 0.120. The maximum Gasteiger partial charge on any atom is 0.407 e. The van der Waals surface area contributed by atoms with Crippen molar-refractivity contribution in [2.24, 2.45) is 17.8 Å². The first-order chi connectivity index (χ1) is 16.0. The summed E-state index contributed by atoms with van der Waals surface area (Å²) >= 11 is 0. The molecule has 2 amide bonds. The molecule has 1 saturated heterocycles. The first-order valence-corrected chi connectivity index (χ1v) is 11.1. The van der Waals surface area contributed by atoms with E-state index >= 15 is 0 Å². The molecular formula is C26H24N2O5. The van der Waals surface area contributed by atoms with Crippen LogP contribution in [-0.2, 0) is 14.3 Å². The molecule has 168 valence electrons. The number of alkyl carbamates (subject to hydrolysis) is 1. The molecule has 0 radical (unpaired) electrons. The molecule has 1 saturated carbocycles. The molecule has 0 bridgehead atoms. The molecule has 2 aromatic carbocycles. The minimum absolute atomic E-state index is 0.0000580. The number of hydrogen-bond acceptors (Lipinski definition) is 4. The van der Waals surface area contributed by atoms with Crippen molar-refractivity contribution >= 4 is 18.0 Å². The number of carboxylic acids is 1. The number of fused-ring (bicyclic) bond motifs is 4. The number of hydrogen-bond donors (Lipinski definition) is 2. The van der Waals surface area contributed by atoms with E-state index < -0.39 is 12.1 Å². The summed E-state index contributed by atoms with van der Waals surface area (Å²) in [6.45, 7) is 1.18. The standard InChI is InChI=1S/C26H24N2O5/c29-23(28-13-11-20-21(14-28)24(20)25(30)31)10-5-12-27-26(32)33-15-22-18-8-3-1-6-16(18)17-7-2-4-9-19(17)22/h1-4,6-9,20-22,24H,11-15H2,(H,27,32)(H,30,31)/t20-,21+,24?/m1/s1. The lowest BCUT2D eigenvalue weighted by Crippen LogP contribution is -2.36. The van der Waals surface area contributed by atoms with E-state index in [2.05, 4.69) is 41.4 Å². The van der Waals surface area contributed by atoms with Gasteiger partial charge in [-0.3, -0.25) is 9.59 Å². The SMILES string of the molecule is O=C(NCC#CC(=O)N1CC[C@H]2C(C(=O)O)[C@H]2C1)OCC1c2ccccc2-c2ccccc21. The number of rotatable bonds is 4. The third-order valence-electron chi connectivity index (χ3n) is 6.93. The number of nitrogens with zero attached hydrogens (tertiary/aromatic N) is 1. The molecule has 2 aliphatic carbocycles. The van der Waals surface area contributed by atoms with Gasteiger partial charge in [0.05, 0.1) is 12.5 Å². The zero-order valence-electron chi connectivity index (χ0n) is 18.0. The molecular weight excluding hydrogens is 420 g/mol. The van der Waals surface area contributed by atoms with Crippen molar-refractivity contribution in [3.05, 3.63) is 59.7 Å². The summed E-state index contributed by atoms with van der Waals surface area (Å²) < 4.78 is 5.45. The molecule has 1 unspecified atom stereocenters. The molecule has 3 atom stereocenters. The molecule has 2 aromatic rings. The van der Waals surface area contributed by atoms with Gasteiger partial charge in [0, 0.05) is 19.0 Å². The van der Waals surface area contributed by atoms with Crippen LogP contribution in [0.5, 0.6) is 0 Å². The van der Waals surface area contributed by atoms with E-state index in [1.807, 2.05) is 24.3 Å². The van der Waals surface area contributed by atoms with Crippen molar-refractivity contribution in [3.63, 3.8) is 0 Å². The summed E-state index contributed by atoms with van der Waals surface area (Å²) in [5, 5.41) is 11.7. The maximum atomic E-state index is 12.3. The van der Waals surface area contributed by atoms with E-state index in [-0.39, 0.29) is 42.7 Å². The number of benzene rings is 2. The van der Waals surface area contributed by atoms with E-state index in [9.17, 15) is 14.4 Å². The Morgan fingerprint density at radius 1 is 1.03 bits per heavy atom. The van der Waals surface area contributed by atoms with E-state index in [1.54, 1.807) is 4.90 Å². The maximum absolute atomic E-state index is 12.3. The summed E-state index contributed by atoms with van der Waals surface area (Å²) in [5.74, 6) is 3.97. The second-order valence-electron chi connectivity index (χ2n) is 8.71. The number of amides is 2. The lowest BCUT2D eigenvalue weighted by molar-refractivity contribution is -0.139. The van der Waals surface area contributed by atoms with Gasteiger partial charge in [0.1, 0.15) is 6.61 Å². The highest BCUT2D eigenvalue weighted by Gasteiger charge is 2.57. The van der Waals surface area contributed by atoms with E-state index in [4.69, 9.17) is 9.84 Å². The molecule has 2 fully saturated rings. The Morgan fingerprint density at radius 2 is 1.70 bits per heavy atom.